The second-order valence-corrected chi connectivity index (χ2v) is 7.70. The molecule has 1 N–H and O–H groups in total. The second-order valence-electron chi connectivity index (χ2n) is 5.70. The molecule has 1 aromatic rings. The van der Waals surface area contributed by atoms with E-state index in [9.17, 15) is 26.4 Å². The zero-order valence-corrected chi connectivity index (χ0v) is 15.8. The molecule has 1 heterocycles. The van der Waals surface area contributed by atoms with Gasteiger partial charge in [0.05, 0.1) is 23.1 Å². The van der Waals surface area contributed by atoms with E-state index in [0.717, 1.165) is 23.5 Å². The van der Waals surface area contributed by atoms with Crippen LogP contribution in [-0.4, -0.2) is 52.0 Å². The number of alkyl halides is 3. The van der Waals surface area contributed by atoms with Crippen LogP contribution < -0.4 is 5.32 Å². The molecule has 148 valence electrons. The summed E-state index contributed by atoms with van der Waals surface area (Å²) >= 11 is 0. The van der Waals surface area contributed by atoms with Gasteiger partial charge in [0.2, 0.25) is 10.0 Å². The van der Waals surface area contributed by atoms with Gasteiger partial charge in [-0.15, -0.1) is 12.4 Å². The fraction of sp³-hybridized carbons (Fsp3) is 0.533. The van der Waals surface area contributed by atoms with Gasteiger partial charge in [0, 0.05) is 13.1 Å². The largest absolute Gasteiger partial charge is 0.465 e. The molecule has 0 aliphatic carbocycles. The van der Waals surface area contributed by atoms with Crippen LogP contribution in [0.25, 0.3) is 0 Å². The van der Waals surface area contributed by atoms with Gasteiger partial charge in [0.1, 0.15) is 0 Å². The van der Waals surface area contributed by atoms with Gasteiger partial charge in [0.15, 0.2) is 0 Å². The van der Waals surface area contributed by atoms with Gasteiger partial charge in [-0.2, -0.15) is 17.5 Å². The number of carbonyl (C=O) groups is 1. The number of methoxy groups -OCH3 is 1. The highest BCUT2D eigenvalue weighted by atomic mass is 35.5. The zero-order chi connectivity index (χ0) is 18.8. The van der Waals surface area contributed by atoms with Crippen molar-refractivity contribution in [3.05, 3.63) is 29.3 Å². The first-order valence-corrected chi connectivity index (χ1v) is 9.01. The summed E-state index contributed by atoms with van der Waals surface area (Å²) in [6, 6.07) is 2.02. The summed E-state index contributed by atoms with van der Waals surface area (Å²) in [6.45, 7) is 1.28. The number of piperidine rings is 1. The first-order chi connectivity index (χ1) is 11.6. The number of esters is 1. The van der Waals surface area contributed by atoms with Crippen molar-refractivity contribution in [1.82, 2.24) is 9.62 Å². The van der Waals surface area contributed by atoms with Crippen LogP contribution in [0.3, 0.4) is 0 Å². The van der Waals surface area contributed by atoms with E-state index >= 15 is 0 Å². The van der Waals surface area contributed by atoms with Crippen LogP contribution in [0.5, 0.6) is 0 Å². The number of benzene rings is 1. The highest BCUT2D eigenvalue weighted by Gasteiger charge is 2.38. The summed E-state index contributed by atoms with van der Waals surface area (Å²) in [5, 5.41) is 3.09. The molecule has 1 saturated heterocycles. The minimum atomic E-state index is -4.89. The van der Waals surface area contributed by atoms with Gasteiger partial charge in [-0.1, -0.05) is 0 Å². The molecule has 0 radical (unpaired) electrons. The van der Waals surface area contributed by atoms with Gasteiger partial charge in [-0.3, -0.25) is 0 Å². The lowest BCUT2D eigenvalue weighted by atomic mass is 10.1. The standard InChI is InChI=1S/C15H19F3N2O4S.ClH/c1-20(10-5-7-19-8-6-10)25(22,23)11-3-4-12(14(21)24-2)13(9-11)15(16,17)18;/h3-4,9-10,19H,5-8H2,1-2H3;1H. The molecule has 0 aromatic heterocycles. The van der Waals surface area contributed by atoms with Crippen molar-refractivity contribution >= 4 is 28.4 Å². The first kappa shape index (κ1) is 22.7. The molecule has 0 spiro atoms. The molecule has 26 heavy (non-hydrogen) atoms. The molecule has 1 aliphatic rings. The van der Waals surface area contributed by atoms with Crippen molar-refractivity contribution in [3.63, 3.8) is 0 Å². The summed E-state index contributed by atoms with van der Waals surface area (Å²) in [6.07, 6.45) is -3.74. The fourth-order valence-corrected chi connectivity index (χ4v) is 4.18. The lowest BCUT2D eigenvalue weighted by molar-refractivity contribution is -0.138. The van der Waals surface area contributed by atoms with Crippen molar-refractivity contribution in [2.24, 2.45) is 0 Å². The van der Waals surface area contributed by atoms with Gasteiger partial charge in [-0.25, -0.2) is 13.2 Å². The number of hydrogen-bond donors (Lipinski definition) is 1. The summed E-state index contributed by atoms with van der Waals surface area (Å²) in [4.78, 5) is 11.0. The summed E-state index contributed by atoms with van der Waals surface area (Å²) in [5.41, 5.74) is -2.06. The number of sulfonamides is 1. The third-order valence-electron chi connectivity index (χ3n) is 4.20. The Hall–Kier alpha value is -1.36. The molecular formula is C15H20ClF3N2O4S. The average molecular weight is 417 g/mol. The van der Waals surface area contributed by atoms with Gasteiger partial charge in [0.25, 0.3) is 0 Å². The second kappa shape index (κ2) is 8.55. The molecule has 1 aromatic carbocycles. The predicted octanol–water partition coefficient (Wildman–Crippen LogP) is 2.29. The summed E-state index contributed by atoms with van der Waals surface area (Å²) < 4.78 is 70.5. The van der Waals surface area contributed by atoms with E-state index in [1.165, 1.54) is 7.05 Å². The van der Waals surface area contributed by atoms with Crippen LogP contribution in [-0.2, 0) is 20.9 Å². The summed E-state index contributed by atoms with van der Waals surface area (Å²) in [7, 11) is -1.81. The Bertz CT molecular complexity index is 750. The minimum absolute atomic E-state index is 0. The van der Waals surface area contributed by atoms with Crippen LogP contribution in [0.15, 0.2) is 23.1 Å². The van der Waals surface area contributed by atoms with E-state index in [2.05, 4.69) is 10.1 Å². The van der Waals surface area contributed by atoms with E-state index < -0.39 is 38.2 Å². The molecule has 1 fully saturated rings. The third kappa shape index (κ3) is 4.67. The first-order valence-electron chi connectivity index (χ1n) is 7.57. The lowest BCUT2D eigenvalue weighted by Gasteiger charge is -2.31. The SMILES string of the molecule is COC(=O)c1ccc(S(=O)(=O)N(C)C2CCNCC2)cc1C(F)(F)F.Cl. The van der Waals surface area contributed by atoms with E-state index in [1.807, 2.05) is 0 Å². The Balaban J connectivity index is 0.00000338. The molecule has 0 atom stereocenters. The van der Waals surface area contributed by atoms with E-state index in [-0.39, 0.29) is 18.4 Å². The Kier molecular flexibility index (Phi) is 7.46. The maximum absolute atomic E-state index is 13.2. The highest BCUT2D eigenvalue weighted by Crippen LogP contribution is 2.34. The van der Waals surface area contributed by atoms with Crippen molar-refractivity contribution in [3.8, 4) is 0 Å². The van der Waals surface area contributed by atoms with E-state index in [4.69, 9.17) is 0 Å². The van der Waals surface area contributed by atoms with E-state index in [0.29, 0.717) is 32.0 Å². The third-order valence-corrected chi connectivity index (χ3v) is 6.11. The van der Waals surface area contributed by atoms with Crippen LogP contribution in [0.2, 0.25) is 0 Å². The average Bonchev–Trinajstić information content (AvgIpc) is 2.59. The van der Waals surface area contributed by atoms with Gasteiger partial charge >= 0.3 is 12.1 Å². The smallest absolute Gasteiger partial charge is 0.417 e. The Morgan fingerprint density at radius 2 is 1.85 bits per heavy atom. The van der Waals surface area contributed by atoms with Crippen LogP contribution in [0, 0.1) is 0 Å². The number of halogens is 4. The van der Waals surface area contributed by atoms with Crippen molar-refractivity contribution < 1.29 is 31.1 Å². The topological polar surface area (TPSA) is 75.7 Å². The quantitative estimate of drug-likeness (QED) is 0.762. The number of ether oxygens (including phenoxy) is 1. The zero-order valence-electron chi connectivity index (χ0n) is 14.2. The van der Waals surface area contributed by atoms with Crippen LogP contribution in [0.1, 0.15) is 28.8 Å². The minimum Gasteiger partial charge on any atom is -0.465 e. The monoisotopic (exact) mass is 416 g/mol. The Labute approximate surface area is 156 Å². The van der Waals surface area contributed by atoms with Crippen molar-refractivity contribution in [1.29, 1.82) is 0 Å². The number of rotatable bonds is 4. The maximum Gasteiger partial charge on any atom is 0.417 e. The number of hydrogen-bond acceptors (Lipinski definition) is 5. The number of nitrogens with zero attached hydrogens (tertiary/aromatic N) is 1. The van der Waals surface area contributed by atoms with Gasteiger partial charge < -0.3 is 10.1 Å². The number of nitrogens with one attached hydrogen (secondary N) is 1. The van der Waals surface area contributed by atoms with Gasteiger partial charge in [-0.05, 0) is 44.1 Å². The molecule has 0 unspecified atom stereocenters. The normalized spacial score (nSPS) is 16.2. The Morgan fingerprint density at radius 3 is 2.35 bits per heavy atom. The molecular weight excluding hydrogens is 397 g/mol. The molecule has 0 saturated carbocycles. The maximum atomic E-state index is 13.2. The molecule has 0 bridgehead atoms. The molecule has 1 aliphatic heterocycles. The predicted molar refractivity (Wildman–Crippen MR) is 90.9 cm³/mol. The van der Waals surface area contributed by atoms with Crippen LogP contribution in [0.4, 0.5) is 13.2 Å². The lowest BCUT2D eigenvalue weighted by Crippen LogP contribution is -2.43. The number of carbonyl (C=O) groups excluding carboxylic acids is 1. The molecule has 0 amide bonds. The van der Waals surface area contributed by atoms with Crippen molar-refractivity contribution in [2.45, 2.75) is 30.0 Å². The fourth-order valence-electron chi connectivity index (χ4n) is 2.74. The van der Waals surface area contributed by atoms with Crippen molar-refractivity contribution in [2.75, 3.05) is 27.2 Å². The van der Waals surface area contributed by atoms with Crippen LogP contribution >= 0.6 is 12.4 Å². The molecule has 6 nitrogen and oxygen atoms in total. The Morgan fingerprint density at radius 1 is 1.27 bits per heavy atom. The highest BCUT2D eigenvalue weighted by molar-refractivity contribution is 7.89. The molecule has 2 rings (SSSR count). The molecule has 11 heteroatoms. The summed E-state index contributed by atoms with van der Waals surface area (Å²) in [5.74, 6) is -1.18. The van der Waals surface area contributed by atoms with E-state index in [1.54, 1.807) is 0 Å².